The summed E-state index contributed by atoms with van der Waals surface area (Å²) in [6.07, 6.45) is 1.06. The molecule has 0 saturated heterocycles. The molecule has 2 aromatic heterocycles. The van der Waals surface area contributed by atoms with Gasteiger partial charge in [-0.1, -0.05) is 23.9 Å². The lowest BCUT2D eigenvalue weighted by Gasteiger charge is -2.02. The SMILES string of the molecule is O=C(CSc1nc2ccccc2[nH]1)Nc1ccc(F)cn1. The number of para-hydroxylation sites is 2. The molecule has 0 atom stereocenters. The van der Waals surface area contributed by atoms with Crippen LogP contribution in [0.4, 0.5) is 10.2 Å². The molecule has 3 aromatic rings. The van der Waals surface area contributed by atoms with Crippen LogP contribution < -0.4 is 5.32 Å². The predicted molar refractivity (Wildman–Crippen MR) is 79.6 cm³/mol. The van der Waals surface area contributed by atoms with E-state index in [2.05, 4.69) is 20.3 Å². The first-order chi connectivity index (χ1) is 10.2. The number of hydrogen-bond donors (Lipinski definition) is 2. The zero-order valence-corrected chi connectivity index (χ0v) is 11.7. The molecule has 106 valence electrons. The molecule has 0 fully saturated rings. The van der Waals surface area contributed by atoms with Gasteiger partial charge in [-0.15, -0.1) is 0 Å². The number of anilines is 1. The summed E-state index contributed by atoms with van der Waals surface area (Å²) in [7, 11) is 0. The largest absolute Gasteiger partial charge is 0.333 e. The fraction of sp³-hybridized carbons (Fsp3) is 0.0714. The van der Waals surface area contributed by atoms with Crippen molar-refractivity contribution in [3.63, 3.8) is 0 Å². The number of carbonyl (C=O) groups excluding carboxylic acids is 1. The highest BCUT2D eigenvalue weighted by atomic mass is 32.2. The molecule has 0 radical (unpaired) electrons. The topological polar surface area (TPSA) is 70.7 Å². The number of pyridine rings is 1. The van der Waals surface area contributed by atoms with E-state index in [4.69, 9.17) is 0 Å². The fourth-order valence-corrected chi connectivity index (χ4v) is 2.45. The predicted octanol–water partition coefficient (Wildman–Crippen LogP) is 2.83. The third-order valence-corrected chi connectivity index (χ3v) is 3.58. The number of H-pyrrole nitrogens is 1. The Balaban J connectivity index is 1.59. The lowest BCUT2D eigenvalue weighted by molar-refractivity contribution is -0.113. The van der Waals surface area contributed by atoms with Gasteiger partial charge in [-0.2, -0.15) is 0 Å². The number of aromatic amines is 1. The summed E-state index contributed by atoms with van der Waals surface area (Å²) in [6.45, 7) is 0. The Kier molecular flexibility index (Phi) is 3.83. The second-order valence-corrected chi connectivity index (χ2v) is 5.22. The summed E-state index contributed by atoms with van der Waals surface area (Å²) in [4.78, 5) is 23.0. The average Bonchev–Trinajstić information content (AvgIpc) is 2.90. The number of hydrogen-bond acceptors (Lipinski definition) is 4. The molecule has 1 aromatic carbocycles. The van der Waals surface area contributed by atoms with Crippen LogP contribution in [-0.2, 0) is 4.79 Å². The molecule has 21 heavy (non-hydrogen) atoms. The van der Waals surface area contributed by atoms with Crippen molar-refractivity contribution < 1.29 is 9.18 Å². The van der Waals surface area contributed by atoms with Gasteiger partial charge in [-0.05, 0) is 24.3 Å². The first-order valence-electron chi connectivity index (χ1n) is 6.20. The van der Waals surface area contributed by atoms with Crippen molar-refractivity contribution in [2.24, 2.45) is 0 Å². The van der Waals surface area contributed by atoms with Crippen LogP contribution in [0.3, 0.4) is 0 Å². The second kappa shape index (κ2) is 5.92. The summed E-state index contributed by atoms with van der Waals surface area (Å²) < 4.78 is 12.7. The first-order valence-corrected chi connectivity index (χ1v) is 7.18. The summed E-state index contributed by atoms with van der Waals surface area (Å²) in [6, 6.07) is 10.3. The Morgan fingerprint density at radius 2 is 2.14 bits per heavy atom. The Morgan fingerprint density at radius 3 is 2.90 bits per heavy atom. The molecule has 0 unspecified atom stereocenters. The van der Waals surface area contributed by atoms with Gasteiger partial charge in [-0.25, -0.2) is 14.4 Å². The second-order valence-electron chi connectivity index (χ2n) is 4.26. The van der Waals surface area contributed by atoms with Crippen LogP contribution in [0.1, 0.15) is 0 Å². The third kappa shape index (κ3) is 3.38. The lowest BCUT2D eigenvalue weighted by atomic mass is 10.3. The van der Waals surface area contributed by atoms with E-state index in [1.807, 2.05) is 24.3 Å². The number of rotatable bonds is 4. The van der Waals surface area contributed by atoms with E-state index >= 15 is 0 Å². The number of carbonyl (C=O) groups is 1. The summed E-state index contributed by atoms with van der Waals surface area (Å²) in [5, 5.41) is 3.27. The molecular weight excluding hydrogens is 291 g/mol. The van der Waals surface area contributed by atoms with Crippen molar-refractivity contribution in [1.82, 2.24) is 15.0 Å². The van der Waals surface area contributed by atoms with Crippen LogP contribution in [0, 0.1) is 5.82 Å². The van der Waals surface area contributed by atoms with Crippen LogP contribution in [-0.4, -0.2) is 26.6 Å². The molecule has 0 aliphatic rings. The standard InChI is InChI=1S/C14H11FN4OS/c15-9-5-6-12(16-7-9)19-13(20)8-21-14-17-10-3-1-2-4-11(10)18-14/h1-7H,8H2,(H,17,18)(H,16,19,20). The number of nitrogens with zero attached hydrogens (tertiary/aromatic N) is 2. The van der Waals surface area contributed by atoms with E-state index in [1.165, 1.54) is 23.9 Å². The smallest absolute Gasteiger partial charge is 0.236 e. The van der Waals surface area contributed by atoms with E-state index in [1.54, 1.807) is 0 Å². The van der Waals surface area contributed by atoms with Crippen molar-refractivity contribution in [3.05, 3.63) is 48.4 Å². The number of nitrogens with one attached hydrogen (secondary N) is 2. The molecule has 2 N–H and O–H groups in total. The minimum atomic E-state index is -0.440. The third-order valence-electron chi connectivity index (χ3n) is 2.70. The zero-order chi connectivity index (χ0) is 14.7. The summed E-state index contributed by atoms with van der Waals surface area (Å²) in [5.74, 6) is -0.144. The van der Waals surface area contributed by atoms with Crippen molar-refractivity contribution in [3.8, 4) is 0 Å². The van der Waals surface area contributed by atoms with Crippen LogP contribution in [0.25, 0.3) is 11.0 Å². The minimum absolute atomic E-state index is 0.193. The maximum absolute atomic E-state index is 12.7. The van der Waals surface area contributed by atoms with Gasteiger partial charge in [-0.3, -0.25) is 4.79 Å². The summed E-state index contributed by atoms with van der Waals surface area (Å²) >= 11 is 1.30. The Labute approximate surface area is 124 Å². The molecule has 1 amide bonds. The molecular formula is C14H11FN4OS. The van der Waals surface area contributed by atoms with E-state index in [0.717, 1.165) is 17.2 Å². The molecule has 0 saturated carbocycles. The Hall–Kier alpha value is -2.41. The molecule has 0 aliphatic carbocycles. The molecule has 3 rings (SSSR count). The van der Waals surface area contributed by atoms with Gasteiger partial charge in [0.05, 0.1) is 23.0 Å². The van der Waals surface area contributed by atoms with E-state index in [0.29, 0.717) is 11.0 Å². The highest BCUT2D eigenvalue weighted by Crippen LogP contribution is 2.19. The number of benzene rings is 1. The molecule has 5 nitrogen and oxygen atoms in total. The van der Waals surface area contributed by atoms with E-state index in [-0.39, 0.29) is 11.7 Å². The summed E-state index contributed by atoms with van der Waals surface area (Å²) in [5.41, 5.74) is 1.79. The molecule has 7 heteroatoms. The van der Waals surface area contributed by atoms with Crippen LogP contribution in [0.2, 0.25) is 0 Å². The average molecular weight is 302 g/mol. The van der Waals surface area contributed by atoms with Gasteiger partial charge >= 0.3 is 0 Å². The zero-order valence-electron chi connectivity index (χ0n) is 10.8. The minimum Gasteiger partial charge on any atom is -0.333 e. The van der Waals surface area contributed by atoms with E-state index < -0.39 is 5.82 Å². The highest BCUT2D eigenvalue weighted by Gasteiger charge is 2.07. The quantitative estimate of drug-likeness (QED) is 0.727. The maximum Gasteiger partial charge on any atom is 0.236 e. The molecule has 0 spiro atoms. The van der Waals surface area contributed by atoms with Gasteiger partial charge in [0, 0.05) is 0 Å². The van der Waals surface area contributed by atoms with Crippen LogP contribution in [0.15, 0.2) is 47.8 Å². The number of halogens is 1. The van der Waals surface area contributed by atoms with Gasteiger partial charge in [0.15, 0.2) is 5.16 Å². The number of imidazole rings is 1. The van der Waals surface area contributed by atoms with Crippen molar-refractivity contribution in [2.75, 3.05) is 11.1 Å². The monoisotopic (exact) mass is 302 g/mol. The van der Waals surface area contributed by atoms with Crippen molar-refractivity contribution in [1.29, 1.82) is 0 Å². The number of amides is 1. The Bertz CT molecular complexity index is 739. The van der Waals surface area contributed by atoms with Gasteiger partial charge in [0.2, 0.25) is 5.91 Å². The first kappa shape index (κ1) is 13.6. The van der Waals surface area contributed by atoms with Crippen LogP contribution in [0.5, 0.6) is 0 Å². The highest BCUT2D eigenvalue weighted by molar-refractivity contribution is 7.99. The number of fused-ring (bicyclic) bond motifs is 1. The van der Waals surface area contributed by atoms with Crippen molar-refractivity contribution in [2.45, 2.75) is 5.16 Å². The van der Waals surface area contributed by atoms with Crippen molar-refractivity contribution >= 4 is 34.5 Å². The fourth-order valence-electron chi connectivity index (χ4n) is 1.76. The van der Waals surface area contributed by atoms with Gasteiger partial charge in [0.25, 0.3) is 0 Å². The Morgan fingerprint density at radius 1 is 1.29 bits per heavy atom. The van der Waals surface area contributed by atoms with E-state index in [9.17, 15) is 9.18 Å². The molecule has 0 bridgehead atoms. The number of aromatic nitrogens is 3. The normalized spacial score (nSPS) is 10.7. The van der Waals surface area contributed by atoms with Crippen LogP contribution >= 0.6 is 11.8 Å². The molecule has 0 aliphatic heterocycles. The molecule has 2 heterocycles. The lowest BCUT2D eigenvalue weighted by Crippen LogP contribution is -2.15. The van der Waals surface area contributed by atoms with Gasteiger partial charge in [0.1, 0.15) is 11.6 Å². The van der Waals surface area contributed by atoms with Gasteiger partial charge < -0.3 is 10.3 Å². The maximum atomic E-state index is 12.7. The number of thioether (sulfide) groups is 1.